The van der Waals surface area contributed by atoms with E-state index in [9.17, 15) is 19.8 Å². The molecule has 0 radical (unpaired) electrons. The largest absolute Gasteiger partial charge is 4.00 e. The van der Waals surface area contributed by atoms with Gasteiger partial charge in [-0.25, -0.2) is 0 Å². The molecule has 3 rings (SSSR count). The molecule has 11 heteroatoms. The zero-order valence-corrected chi connectivity index (χ0v) is 20.4. The van der Waals surface area contributed by atoms with Gasteiger partial charge in [-0.05, 0) is 37.1 Å². The molecule has 0 unspecified atom stereocenters. The second-order valence-corrected chi connectivity index (χ2v) is 6.17. The van der Waals surface area contributed by atoms with E-state index in [1.165, 1.54) is 12.8 Å². The molecule has 0 spiro atoms. The van der Waals surface area contributed by atoms with Gasteiger partial charge in [-0.3, -0.25) is 0 Å². The normalized spacial score (nSPS) is 15.9. The third kappa shape index (κ3) is 17.5. The second-order valence-electron chi connectivity index (χ2n) is 6.17. The fraction of sp³-hybridized carbons (Fsp3) is 0.300. The quantitative estimate of drug-likeness (QED) is 0.255. The van der Waals surface area contributed by atoms with Crippen LogP contribution in [0.15, 0.2) is 60.7 Å². The van der Waals surface area contributed by atoms with Gasteiger partial charge in [0.1, 0.15) is 12.2 Å². The molecule has 0 aromatic heterocycles. The van der Waals surface area contributed by atoms with Crippen LogP contribution in [-0.4, -0.2) is 24.3 Å². The summed E-state index contributed by atoms with van der Waals surface area (Å²) in [5.74, 6) is 0. The summed E-state index contributed by atoms with van der Waals surface area (Å²) in [5.41, 5.74) is 12.4. The standard InChI is InChI=1S/2C7H7NO2.C6H14N2.2ClH.Pt/c2*9-7(10)8-6-4-2-1-3-5-6;7-5-3-1-2-4-6(5)8;;;/h2*1-5,8H,(H,9,10);5-6H,1-4,7-8H2;2*1H;/q;;;;;+4/p-4/t;;5-,6-;;;/m..1.../s1. The van der Waals surface area contributed by atoms with Gasteiger partial charge in [-0.2, -0.15) is 0 Å². The Kier molecular flexibility index (Phi) is 21.9. The first-order chi connectivity index (χ1) is 13.4. The maximum atomic E-state index is 9.95. The average molecular weight is 652 g/mol. The van der Waals surface area contributed by atoms with Crippen molar-refractivity contribution in [1.29, 1.82) is 0 Å². The first-order valence-electron chi connectivity index (χ1n) is 8.95. The third-order valence-electron chi connectivity index (χ3n) is 3.92. The molecule has 2 aromatic rings. The van der Waals surface area contributed by atoms with Crippen molar-refractivity contribution in [3.63, 3.8) is 0 Å². The van der Waals surface area contributed by atoms with E-state index in [0.717, 1.165) is 12.8 Å². The van der Waals surface area contributed by atoms with Crippen molar-refractivity contribution in [3.8, 4) is 0 Å². The number of para-hydroxylation sites is 2. The van der Waals surface area contributed by atoms with Crippen molar-refractivity contribution < 1.29 is 65.7 Å². The minimum atomic E-state index is -1.29. The summed E-state index contributed by atoms with van der Waals surface area (Å²) in [7, 11) is 0. The van der Waals surface area contributed by atoms with Crippen molar-refractivity contribution in [2.24, 2.45) is 11.5 Å². The predicted octanol–water partition coefficient (Wildman–Crippen LogP) is -4.90. The summed E-state index contributed by atoms with van der Waals surface area (Å²) >= 11 is 0. The second kappa shape index (κ2) is 20.1. The fourth-order valence-electron chi connectivity index (χ4n) is 2.47. The number of anilines is 2. The first-order valence-corrected chi connectivity index (χ1v) is 8.95. The van der Waals surface area contributed by atoms with E-state index in [0.29, 0.717) is 11.4 Å². The fourth-order valence-corrected chi connectivity index (χ4v) is 2.47. The number of rotatable bonds is 2. The Morgan fingerprint density at radius 3 is 1.23 bits per heavy atom. The van der Waals surface area contributed by atoms with E-state index in [-0.39, 0.29) is 58.0 Å². The molecule has 1 aliphatic carbocycles. The van der Waals surface area contributed by atoms with E-state index in [2.05, 4.69) is 10.6 Å². The van der Waals surface area contributed by atoms with Crippen LogP contribution < -0.4 is 57.1 Å². The summed E-state index contributed by atoms with van der Waals surface area (Å²) in [6, 6.07) is 17.7. The van der Waals surface area contributed by atoms with Crippen LogP contribution in [-0.2, 0) is 21.1 Å². The summed E-state index contributed by atoms with van der Waals surface area (Å²) in [5, 5.41) is 24.1. The number of nitrogens with two attached hydrogens (primary N) is 2. The van der Waals surface area contributed by atoms with Gasteiger partial charge in [0.15, 0.2) is 0 Å². The van der Waals surface area contributed by atoms with Gasteiger partial charge in [0.05, 0.1) is 0 Å². The number of halogens is 2. The molecule has 8 nitrogen and oxygen atoms in total. The van der Waals surface area contributed by atoms with E-state index in [4.69, 9.17) is 11.5 Å². The Hall–Kier alpha value is -1.83. The van der Waals surface area contributed by atoms with Crippen LogP contribution >= 0.6 is 0 Å². The number of carbonyl (C=O) groups is 2. The Labute approximate surface area is 209 Å². The van der Waals surface area contributed by atoms with Crippen molar-refractivity contribution in [1.82, 2.24) is 0 Å². The van der Waals surface area contributed by atoms with Gasteiger partial charge < -0.3 is 66.7 Å². The van der Waals surface area contributed by atoms with Crippen molar-refractivity contribution in [2.75, 3.05) is 10.6 Å². The molecular formula is C20H26Cl2N4O4Pt. The Morgan fingerprint density at radius 2 is 1.00 bits per heavy atom. The zero-order chi connectivity index (χ0) is 20.8. The molecule has 2 aromatic carbocycles. The maximum absolute atomic E-state index is 9.95. The molecule has 6 N–H and O–H groups in total. The van der Waals surface area contributed by atoms with Gasteiger partial charge in [-0.15, -0.1) is 0 Å². The zero-order valence-electron chi connectivity index (χ0n) is 16.6. The molecule has 1 saturated carbocycles. The van der Waals surface area contributed by atoms with Crippen molar-refractivity contribution in [2.45, 2.75) is 37.8 Å². The number of carbonyl (C=O) groups excluding carboxylic acids is 2. The molecule has 1 fully saturated rings. The number of nitrogens with one attached hydrogen (secondary N) is 2. The first kappa shape index (κ1) is 33.8. The summed E-state index contributed by atoms with van der Waals surface area (Å²) < 4.78 is 0. The molecule has 0 bridgehead atoms. The number of benzene rings is 2. The Morgan fingerprint density at radius 1 is 0.710 bits per heavy atom. The van der Waals surface area contributed by atoms with E-state index >= 15 is 0 Å². The molecule has 0 heterocycles. The summed E-state index contributed by atoms with van der Waals surface area (Å²) in [6.45, 7) is 0. The molecule has 2 atom stereocenters. The molecule has 2 amide bonds. The smallest absolute Gasteiger partial charge is 1.00 e. The van der Waals surface area contributed by atoms with Crippen LogP contribution in [0.4, 0.5) is 21.0 Å². The molecule has 174 valence electrons. The van der Waals surface area contributed by atoms with Crippen LogP contribution in [0.25, 0.3) is 0 Å². The van der Waals surface area contributed by atoms with Crippen LogP contribution in [0.3, 0.4) is 0 Å². The molecule has 0 aliphatic heterocycles. The molecule has 1 aliphatic rings. The maximum Gasteiger partial charge on any atom is 4.00 e. The van der Waals surface area contributed by atoms with Crippen LogP contribution in [0.5, 0.6) is 0 Å². The molecule has 0 saturated heterocycles. The van der Waals surface area contributed by atoms with Gasteiger partial charge in [-0.1, -0.05) is 49.2 Å². The van der Waals surface area contributed by atoms with E-state index < -0.39 is 12.2 Å². The molecular weight excluding hydrogens is 626 g/mol. The van der Waals surface area contributed by atoms with Gasteiger partial charge >= 0.3 is 21.1 Å². The van der Waals surface area contributed by atoms with E-state index in [1.54, 1.807) is 60.7 Å². The number of hydrogen-bond acceptors (Lipinski definition) is 6. The Bertz CT molecular complexity index is 653. The van der Waals surface area contributed by atoms with Crippen molar-refractivity contribution in [3.05, 3.63) is 60.7 Å². The van der Waals surface area contributed by atoms with Gasteiger partial charge in [0.25, 0.3) is 0 Å². The summed E-state index contributed by atoms with van der Waals surface area (Å²) in [4.78, 5) is 19.9. The Balaban J connectivity index is -0.000000364. The van der Waals surface area contributed by atoms with Crippen LogP contribution in [0.1, 0.15) is 25.7 Å². The number of amides is 2. The van der Waals surface area contributed by atoms with Gasteiger partial charge in [0.2, 0.25) is 0 Å². The number of carboxylic acid groups (broad SMARTS) is 2. The summed E-state index contributed by atoms with van der Waals surface area (Å²) in [6.07, 6.45) is 2.23. The van der Waals surface area contributed by atoms with Crippen LogP contribution in [0.2, 0.25) is 0 Å². The minimum Gasteiger partial charge on any atom is -1.00 e. The SMILES string of the molecule is N[C@@H]1CCCC[C@H]1N.O=C([O-])Nc1ccccc1.O=C([O-])Nc1ccccc1.[Cl-].[Cl-].[Pt+4]. The predicted molar refractivity (Wildman–Crippen MR) is 105 cm³/mol. The van der Waals surface area contributed by atoms with Gasteiger partial charge in [0, 0.05) is 23.5 Å². The average Bonchev–Trinajstić information content (AvgIpc) is 2.66. The monoisotopic (exact) mass is 651 g/mol. The van der Waals surface area contributed by atoms with E-state index in [1.807, 2.05) is 0 Å². The molecule has 31 heavy (non-hydrogen) atoms. The topological polar surface area (TPSA) is 156 Å². The minimum absolute atomic E-state index is 0. The third-order valence-corrected chi connectivity index (χ3v) is 3.92. The number of hydrogen-bond donors (Lipinski definition) is 4. The van der Waals surface area contributed by atoms with Crippen LogP contribution in [0, 0.1) is 0 Å². The van der Waals surface area contributed by atoms with Crippen molar-refractivity contribution >= 4 is 23.6 Å².